The second-order valence-electron chi connectivity index (χ2n) is 5.52. The van der Waals surface area contributed by atoms with Gasteiger partial charge in [-0.3, -0.25) is 19.3 Å². The lowest BCUT2D eigenvalue weighted by molar-refractivity contribution is -0.143. The molecule has 7 nitrogen and oxygen atoms in total. The summed E-state index contributed by atoms with van der Waals surface area (Å²) >= 11 is 0. The van der Waals surface area contributed by atoms with E-state index in [0.717, 1.165) is 6.42 Å². The summed E-state index contributed by atoms with van der Waals surface area (Å²) in [4.78, 5) is 48.0. The highest BCUT2D eigenvalue weighted by Crippen LogP contribution is 2.20. The summed E-state index contributed by atoms with van der Waals surface area (Å²) in [6, 6.07) is 6.59. The largest absolute Gasteiger partial charge is 0.334 e. The summed E-state index contributed by atoms with van der Waals surface area (Å²) in [5.41, 5.74) is 1.74. The lowest BCUT2D eigenvalue weighted by Gasteiger charge is -2.13. The number of nitrogens with zero attached hydrogens (tertiary/aromatic N) is 2. The van der Waals surface area contributed by atoms with Gasteiger partial charge in [-0.2, -0.15) is 0 Å². The smallest absolute Gasteiger partial charge is 0.325 e. The van der Waals surface area contributed by atoms with Gasteiger partial charge in [-0.05, 0) is 30.0 Å². The number of nitrogens with one attached hydrogen (secondary N) is 1. The first kappa shape index (κ1) is 16.7. The molecule has 0 radical (unpaired) electrons. The fourth-order valence-corrected chi connectivity index (χ4v) is 2.23. The first-order valence-corrected chi connectivity index (χ1v) is 7.38. The molecule has 7 heteroatoms. The molecule has 2 rings (SSSR count). The van der Waals surface area contributed by atoms with Gasteiger partial charge in [-0.1, -0.05) is 26.0 Å². The fraction of sp³-hybridized carbons (Fsp3) is 0.375. The fourth-order valence-electron chi connectivity index (χ4n) is 2.23. The Bertz CT molecular complexity index is 654. The average Bonchev–Trinajstić information content (AvgIpc) is 2.72. The zero-order chi connectivity index (χ0) is 17.1. The standard InChI is InChI=1S/C16H19N3O4/c1-4-10(2)11-5-7-12(8-6-11)17-13(20)9-19-15(22)14(21)18(3)16(19)23/h5-8,10H,4,9H2,1-3H3,(H,17,20)/t10-/m1/s1. The Balaban J connectivity index is 1.99. The van der Waals surface area contributed by atoms with Crippen LogP contribution >= 0.6 is 0 Å². The van der Waals surface area contributed by atoms with E-state index in [4.69, 9.17) is 0 Å². The molecule has 1 heterocycles. The highest BCUT2D eigenvalue weighted by Gasteiger charge is 2.42. The Hall–Kier alpha value is -2.70. The van der Waals surface area contributed by atoms with Gasteiger partial charge in [0.25, 0.3) is 0 Å². The molecular formula is C16H19N3O4. The van der Waals surface area contributed by atoms with Crippen molar-refractivity contribution < 1.29 is 19.2 Å². The Morgan fingerprint density at radius 1 is 1.13 bits per heavy atom. The van der Waals surface area contributed by atoms with Crippen LogP contribution in [0.15, 0.2) is 24.3 Å². The van der Waals surface area contributed by atoms with Crippen molar-refractivity contribution >= 4 is 29.4 Å². The number of benzene rings is 1. The maximum Gasteiger partial charge on any atom is 0.334 e. The molecule has 0 aliphatic carbocycles. The predicted molar refractivity (Wildman–Crippen MR) is 83.7 cm³/mol. The van der Waals surface area contributed by atoms with Crippen LogP contribution in [0.2, 0.25) is 0 Å². The molecule has 23 heavy (non-hydrogen) atoms. The van der Waals surface area contributed by atoms with Crippen LogP contribution in [0.3, 0.4) is 0 Å². The second-order valence-corrected chi connectivity index (χ2v) is 5.52. The van der Waals surface area contributed by atoms with Gasteiger partial charge in [-0.15, -0.1) is 0 Å². The number of rotatable bonds is 5. The number of hydrogen-bond donors (Lipinski definition) is 1. The molecule has 1 aliphatic rings. The van der Waals surface area contributed by atoms with E-state index in [0.29, 0.717) is 21.4 Å². The third-order valence-electron chi connectivity index (χ3n) is 3.93. The van der Waals surface area contributed by atoms with E-state index in [1.807, 2.05) is 12.1 Å². The molecule has 1 saturated heterocycles. The van der Waals surface area contributed by atoms with Crippen molar-refractivity contribution in [1.29, 1.82) is 0 Å². The minimum Gasteiger partial charge on any atom is -0.325 e. The van der Waals surface area contributed by atoms with Crippen molar-refractivity contribution in [3.8, 4) is 0 Å². The van der Waals surface area contributed by atoms with E-state index in [9.17, 15) is 19.2 Å². The van der Waals surface area contributed by atoms with Gasteiger partial charge < -0.3 is 5.32 Å². The zero-order valence-corrected chi connectivity index (χ0v) is 13.3. The third-order valence-corrected chi connectivity index (χ3v) is 3.93. The van der Waals surface area contributed by atoms with Crippen LogP contribution in [-0.2, 0) is 14.4 Å². The van der Waals surface area contributed by atoms with E-state index in [1.165, 1.54) is 12.6 Å². The summed E-state index contributed by atoms with van der Waals surface area (Å²) in [7, 11) is 1.20. The molecule has 122 valence electrons. The number of carbonyl (C=O) groups is 4. The molecule has 1 aromatic rings. The van der Waals surface area contributed by atoms with Gasteiger partial charge in [0.15, 0.2) is 0 Å². The van der Waals surface area contributed by atoms with Crippen molar-refractivity contribution in [2.45, 2.75) is 26.2 Å². The van der Waals surface area contributed by atoms with Gasteiger partial charge in [0.05, 0.1) is 0 Å². The monoisotopic (exact) mass is 317 g/mol. The Morgan fingerprint density at radius 2 is 1.74 bits per heavy atom. The average molecular weight is 317 g/mol. The van der Waals surface area contributed by atoms with Crippen molar-refractivity contribution in [3.63, 3.8) is 0 Å². The quantitative estimate of drug-likeness (QED) is 0.659. The summed E-state index contributed by atoms with van der Waals surface area (Å²) in [6.07, 6.45) is 1.02. The minimum absolute atomic E-state index is 0.432. The van der Waals surface area contributed by atoms with Gasteiger partial charge in [-0.25, -0.2) is 9.69 Å². The summed E-state index contributed by atoms with van der Waals surface area (Å²) < 4.78 is 0. The van der Waals surface area contributed by atoms with E-state index in [1.54, 1.807) is 12.1 Å². The number of urea groups is 1. The van der Waals surface area contributed by atoms with Crippen molar-refractivity contribution in [3.05, 3.63) is 29.8 Å². The zero-order valence-electron chi connectivity index (χ0n) is 13.3. The van der Waals surface area contributed by atoms with E-state index in [2.05, 4.69) is 19.2 Å². The molecule has 0 aromatic heterocycles. The molecule has 0 unspecified atom stereocenters. The van der Waals surface area contributed by atoms with Gasteiger partial charge in [0.1, 0.15) is 6.54 Å². The van der Waals surface area contributed by atoms with Crippen LogP contribution in [0.5, 0.6) is 0 Å². The lowest BCUT2D eigenvalue weighted by Crippen LogP contribution is -2.38. The molecule has 1 aromatic carbocycles. The molecule has 0 bridgehead atoms. The van der Waals surface area contributed by atoms with E-state index in [-0.39, 0.29) is 0 Å². The van der Waals surface area contributed by atoms with Crippen LogP contribution in [-0.4, -0.2) is 47.1 Å². The molecule has 0 saturated carbocycles. The molecule has 5 amide bonds. The van der Waals surface area contributed by atoms with E-state index < -0.39 is 30.3 Å². The topological polar surface area (TPSA) is 86.8 Å². The highest BCUT2D eigenvalue weighted by molar-refractivity contribution is 6.44. The maximum atomic E-state index is 12.0. The Labute approximate surface area is 134 Å². The number of hydrogen-bond acceptors (Lipinski definition) is 4. The Kier molecular flexibility index (Phi) is 4.78. The van der Waals surface area contributed by atoms with Crippen LogP contribution in [0.25, 0.3) is 0 Å². The molecule has 1 N–H and O–H groups in total. The Morgan fingerprint density at radius 3 is 2.22 bits per heavy atom. The predicted octanol–water partition coefficient (Wildman–Crippen LogP) is 1.56. The van der Waals surface area contributed by atoms with Crippen molar-refractivity contribution in [2.24, 2.45) is 0 Å². The summed E-state index contributed by atoms with van der Waals surface area (Å²) in [6.45, 7) is 3.73. The van der Waals surface area contributed by atoms with Gasteiger partial charge >= 0.3 is 17.8 Å². The van der Waals surface area contributed by atoms with Crippen LogP contribution in [0.4, 0.5) is 10.5 Å². The molecule has 0 spiro atoms. The first-order chi connectivity index (χ1) is 10.8. The minimum atomic E-state index is -0.986. The van der Waals surface area contributed by atoms with Gasteiger partial charge in [0.2, 0.25) is 5.91 Å². The molecule has 1 fully saturated rings. The number of anilines is 1. The maximum absolute atomic E-state index is 12.0. The van der Waals surface area contributed by atoms with Gasteiger partial charge in [0, 0.05) is 12.7 Å². The first-order valence-electron chi connectivity index (χ1n) is 7.38. The highest BCUT2D eigenvalue weighted by atomic mass is 16.2. The third kappa shape index (κ3) is 3.39. The van der Waals surface area contributed by atoms with Crippen molar-refractivity contribution in [1.82, 2.24) is 9.80 Å². The lowest BCUT2D eigenvalue weighted by atomic mass is 9.99. The summed E-state index contributed by atoms with van der Waals surface area (Å²) in [5.74, 6) is -2.02. The number of imide groups is 2. The number of carbonyl (C=O) groups excluding carboxylic acids is 4. The summed E-state index contributed by atoms with van der Waals surface area (Å²) in [5, 5.41) is 2.61. The number of likely N-dealkylation sites (N-methyl/N-ethyl adjacent to an activating group) is 1. The van der Waals surface area contributed by atoms with Crippen molar-refractivity contribution in [2.75, 3.05) is 18.9 Å². The normalized spacial score (nSPS) is 16.0. The van der Waals surface area contributed by atoms with Crippen LogP contribution in [0.1, 0.15) is 31.7 Å². The second kappa shape index (κ2) is 6.60. The molecule has 1 aliphatic heterocycles. The van der Waals surface area contributed by atoms with Crippen LogP contribution < -0.4 is 5.32 Å². The SMILES string of the molecule is CC[C@@H](C)c1ccc(NC(=O)CN2C(=O)C(=O)N(C)C2=O)cc1. The number of amides is 5. The van der Waals surface area contributed by atoms with E-state index >= 15 is 0 Å². The van der Waals surface area contributed by atoms with Crippen LogP contribution in [0, 0.1) is 0 Å². The molecular weight excluding hydrogens is 298 g/mol. The molecule has 1 atom stereocenters.